The highest BCUT2D eigenvalue weighted by Gasteiger charge is 2.53. The molecule has 200 valence electrons. The average molecular weight is 643 g/mol. The zero-order valence-corrected chi connectivity index (χ0v) is 23.9. The Morgan fingerprint density at radius 2 is 1.82 bits per heavy atom. The van der Waals surface area contributed by atoms with Crippen LogP contribution >= 0.6 is 39.1 Å². The van der Waals surface area contributed by atoms with Gasteiger partial charge in [0.1, 0.15) is 6.04 Å². The van der Waals surface area contributed by atoms with Gasteiger partial charge in [-0.2, -0.15) is 4.31 Å². The number of benzene rings is 2. The van der Waals surface area contributed by atoms with Gasteiger partial charge in [-0.15, -0.1) is 0 Å². The molecule has 38 heavy (non-hydrogen) atoms. The van der Waals surface area contributed by atoms with Gasteiger partial charge < -0.3 is 10.4 Å². The molecule has 2 aliphatic rings. The molecule has 1 unspecified atom stereocenters. The molecule has 14 heteroatoms. The molecule has 2 aliphatic heterocycles. The van der Waals surface area contributed by atoms with E-state index in [4.69, 9.17) is 23.2 Å². The number of carbonyl (C=O) groups is 2. The fourth-order valence-electron chi connectivity index (χ4n) is 4.85. The lowest BCUT2D eigenvalue weighted by molar-refractivity contribution is -0.139. The summed E-state index contributed by atoms with van der Waals surface area (Å²) in [4.78, 5) is 31.3. The van der Waals surface area contributed by atoms with Gasteiger partial charge >= 0.3 is 5.97 Å². The van der Waals surface area contributed by atoms with Gasteiger partial charge in [0.25, 0.3) is 15.9 Å². The summed E-state index contributed by atoms with van der Waals surface area (Å²) in [6.07, 6.45) is 1.31. The van der Waals surface area contributed by atoms with E-state index in [2.05, 4.69) is 26.2 Å². The molecule has 0 aliphatic carbocycles. The number of halogens is 3. The molecule has 0 bridgehead atoms. The van der Waals surface area contributed by atoms with Crippen molar-refractivity contribution in [3.05, 3.63) is 68.7 Å². The Bertz CT molecular complexity index is 1530. The first-order chi connectivity index (χ1) is 17.9. The van der Waals surface area contributed by atoms with E-state index in [1.165, 1.54) is 26.0 Å². The third kappa shape index (κ3) is 4.42. The second-order valence-electron chi connectivity index (χ2n) is 9.12. The van der Waals surface area contributed by atoms with Gasteiger partial charge in [-0.1, -0.05) is 51.3 Å². The van der Waals surface area contributed by atoms with Crippen LogP contribution < -0.4 is 10.2 Å². The highest BCUT2D eigenvalue weighted by atomic mass is 79.9. The average Bonchev–Trinajstić information content (AvgIpc) is 3.24. The lowest BCUT2D eigenvalue weighted by Crippen LogP contribution is -2.42. The Kier molecular flexibility index (Phi) is 7.08. The molecular weight excluding hydrogens is 621 g/mol. The van der Waals surface area contributed by atoms with Crippen molar-refractivity contribution in [1.29, 1.82) is 0 Å². The van der Waals surface area contributed by atoms with E-state index in [9.17, 15) is 23.1 Å². The maximum absolute atomic E-state index is 14.2. The number of amides is 1. The van der Waals surface area contributed by atoms with Crippen LogP contribution in [0.3, 0.4) is 0 Å². The van der Waals surface area contributed by atoms with Gasteiger partial charge in [0.05, 0.1) is 11.9 Å². The Balaban J connectivity index is 1.68. The number of nitrogens with zero attached hydrogens (tertiary/aromatic N) is 4. The molecule has 0 radical (unpaired) electrons. The summed E-state index contributed by atoms with van der Waals surface area (Å²) in [5.74, 6) is -1.39. The SMILES string of the molecule is C[C@@]1(c2ccc(Br)cc2)C(=O)N(c2cc(Cl)cc(Cl)c2)c2ncc(S(=O)(=O)N3CCNC(C(=O)O)CC3)n21. The topological polar surface area (TPSA) is 125 Å². The van der Waals surface area contributed by atoms with Gasteiger partial charge in [0.2, 0.25) is 5.95 Å². The number of hydrogen-bond acceptors (Lipinski definition) is 6. The number of anilines is 2. The number of aliphatic carboxylic acids is 1. The maximum Gasteiger partial charge on any atom is 0.320 e. The van der Waals surface area contributed by atoms with Gasteiger partial charge in [-0.3, -0.25) is 14.2 Å². The van der Waals surface area contributed by atoms with Crippen molar-refractivity contribution < 1.29 is 23.1 Å². The molecule has 0 spiro atoms. The number of carboxylic acids is 1. The second kappa shape index (κ2) is 9.92. The van der Waals surface area contributed by atoms with Crippen molar-refractivity contribution in [1.82, 2.24) is 19.2 Å². The molecule has 1 saturated heterocycles. The van der Waals surface area contributed by atoms with Crippen LogP contribution in [-0.4, -0.2) is 64.9 Å². The fraction of sp³-hybridized carbons (Fsp3) is 0.292. The molecule has 2 aromatic carbocycles. The van der Waals surface area contributed by atoms with Crippen LogP contribution in [0.4, 0.5) is 11.6 Å². The van der Waals surface area contributed by atoms with E-state index in [1.807, 2.05) is 0 Å². The van der Waals surface area contributed by atoms with E-state index in [1.54, 1.807) is 43.3 Å². The van der Waals surface area contributed by atoms with Crippen molar-refractivity contribution in [2.24, 2.45) is 0 Å². The molecular formula is C24H22BrCl2N5O5S. The number of sulfonamides is 1. The van der Waals surface area contributed by atoms with E-state index in [0.717, 1.165) is 4.47 Å². The van der Waals surface area contributed by atoms with Crippen molar-refractivity contribution in [3.63, 3.8) is 0 Å². The van der Waals surface area contributed by atoms with Gasteiger partial charge in [-0.25, -0.2) is 18.3 Å². The lowest BCUT2D eigenvalue weighted by Gasteiger charge is -2.28. The maximum atomic E-state index is 14.2. The number of aromatic nitrogens is 2. The van der Waals surface area contributed by atoms with E-state index in [-0.39, 0.29) is 37.0 Å². The minimum absolute atomic E-state index is 0.0105. The summed E-state index contributed by atoms with van der Waals surface area (Å²) in [5, 5.41) is 12.6. The number of rotatable bonds is 5. The summed E-state index contributed by atoms with van der Waals surface area (Å²) in [6.45, 7) is 1.85. The summed E-state index contributed by atoms with van der Waals surface area (Å²) >= 11 is 15.9. The van der Waals surface area contributed by atoms with Gasteiger partial charge in [0, 0.05) is 34.2 Å². The van der Waals surface area contributed by atoms with Crippen LogP contribution in [0.2, 0.25) is 10.0 Å². The Labute approximate surface area is 237 Å². The van der Waals surface area contributed by atoms with Crippen LogP contribution in [0.1, 0.15) is 18.9 Å². The van der Waals surface area contributed by atoms with Gasteiger partial charge in [0.15, 0.2) is 10.6 Å². The summed E-state index contributed by atoms with van der Waals surface area (Å²) in [5.41, 5.74) is -0.606. The predicted molar refractivity (Wildman–Crippen MR) is 146 cm³/mol. The minimum atomic E-state index is -4.19. The first kappa shape index (κ1) is 27.1. The highest BCUT2D eigenvalue weighted by molar-refractivity contribution is 9.10. The molecule has 3 aromatic rings. The normalized spacial score (nSPS) is 22.4. The Hall–Kier alpha value is -2.48. The van der Waals surface area contributed by atoms with E-state index < -0.39 is 33.5 Å². The zero-order chi connectivity index (χ0) is 27.4. The lowest BCUT2D eigenvalue weighted by atomic mass is 9.91. The minimum Gasteiger partial charge on any atom is -0.480 e. The third-order valence-electron chi connectivity index (χ3n) is 6.81. The quantitative estimate of drug-likeness (QED) is 0.433. The Morgan fingerprint density at radius 3 is 2.45 bits per heavy atom. The summed E-state index contributed by atoms with van der Waals surface area (Å²) in [7, 11) is -4.19. The van der Waals surface area contributed by atoms with Gasteiger partial charge in [-0.05, 0) is 49.2 Å². The molecule has 1 fully saturated rings. The van der Waals surface area contributed by atoms with Crippen LogP contribution in [0.25, 0.3) is 0 Å². The fourth-order valence-corrected chi connectivity index (χ4v) is 7.25. The predicted octanol–water partition coefficient (Wildman–Crippen LogP) is 3.83. The third-order valence-corrected chi connectivity index (χ3v) is 9.64. The number of nitrogens with one attached hydrogen (secondary N) is 1. The van der Waals surface area contributed by atoms with Crippen molar-refractivity contribution in [2.75, 3.05) is 24.5 Å². The number of hydrogen-bond donors (Lipinski definition) is 2. The first-order valence-corrected chi connectivity index (χ1v) is 14.5. The number of fused-ring (bicyclic) bond motifs is 1. The Morgan fingerprint density at radius 1 is 1.16 bits per heavy atom. The monoisotopic (exact) mass is 641 g/mol. The largest absolute Gasteiger partial charge is 0.480 e. The standard InChI is InChI=1S/C24H22BrCl2N5O5S/c1-24(14-2-4-15(25)5-3-14)22(35)31(18-11-16(26)10-17(27)12-18)23-29-13-20(32(23)24)38(36,37)30-8-6-19(21(33)34)28-7-9-30/h2-5,10-13,19,28H,6-9H2,1H3,(H,33,34)/t19?,24-/m1/s1. The van der Waals surface area contributed by atoms with Crippen LogP contribution in [0.5, 0.6) is 0 Å². The van der Waals surface area contributed by atoms with E-state index in [0.29, 0.717) is 21.3 Å². The number of carboxylic acid groups (broad SMARTS) is 1. The smallest absolute Gasteiger partial charge is 0.320 e. The first-order valence-electron chi connectivity index (χ1n) is 11.6. The van der Waals surface area contributed by atoms with Crippen LogP contribution in [-0.2, 0) is 25.2 Å². The van der Waals surface area contributed by atoms with Crippen molar-refractivity contribution >= 4 is 72.7 Å². The molecule has 10 nitrogen and oxygen atoms in total. The number of imidazole rings is 1. The molecule has 2 atom stereocenters. The molecule has 0 saturated carbocycles. The number of carbonyl (C=O) groups excluding carboxylic acids is 1. The molecule has 2 N–H and O–H groups in total. The summed E-state index contributed by atoms with van der Waals surface area (Å²) < 4.78 is 31.4. The van der Waals surface area contributed by atoms with Crippen molar-refractivity contribution in [2.45, 2.75) is 30.0 Å². The molecule has 3 heterocycles. The second-order valence-corrected chi connectivity index (χ2v) is 12.8. The highest BCUT2D eigenvalue weighted by Crippen LogP contribution is 2.46. The summed E-state index contributed by atoms with van der Waals surface area (Å²) in [6, 6.07) is 10.8. The van der Waals surface area contributed by atoms with Crippen LogP contribution in [0, 0.1) is 0 Å². The molecule has 1 aromatic heterocycles. The van der Waals surface area contributed by atoms with Crippen molar-refractivity contribution in [3.8, 4) is 0 Å². The van der Waals surface area contributed by atoms with Crippen LogP contribution in [0.15, 0.2) is 58.2 Å². The molecule has 1 amide bonds. The molecule has 5 rings (SSSR count). The zero-order valence-electron chi connectivity index (χ0n) is 19.9. The van der Waals surface area contributed by atoms with E-state index >= 15 is 0 Å².